The van der Waals surface area contributed by atoms with Gasteiger partial charge >= 0.3 is 0 Å². The van der Waals surface area contributed by atoms with E-state index in [9.17, 15) is 9.59 Å². The van der Waals surface area contributed by atoms with E-state index in [1.54, 1.807) is 0 Å². The zero-order chi connectivity index (χ0) is 14.8. The first kappa shape index (κ1) is 13.6. The first-order chi connectivity index (χ1) is 10.1. The first-order valence-electron chi connectivity index (χ1n) is 7.22. The summed E-state index contributed by atoms with van der Waals surface area (Å²) in [5.74, 6) is -0.157. The fraction of sp³-hybridized carbons (Fsp3) is 0.294. The average molecular weight is 282 g/mol. The maximum Gasteiger partial charge on any atom is 0.243 e. The van der Waals surface area contributed by atoms with Crippen molar-refractivity contribution >= 4 is 22.6 Å². The van der Waals surface area contributed by atoms with Crippen molar-refractivity contribution < 1.29 is 9.59 Å². The van der Waals surface area contributed by atoms with E-state index in [1.807, 2.05) is 25.1 Å². The number of hydrogen-bond acceptors (Lipinski definition) is 2. The van der Waals surface area contributed by atoms with Crippen molar-refractivity contribution in [3.05, 3.63) is 48.0 Å². The molecule has 1 saturated heterocycles. The molecule has 0 spiro atoms. The van der Waals surface area contributed by atoms with Gasteiger partial charge < -0.3 is 10.6 Å². The Morgan fingerprint density at radius 1 is 1.24 bits per heavy atom. The Kier molecular flexibility index (Phi) is 3.60. The van der Waals surface area contributed by atoms with E-state index in [-0.39, 0.29) is 23.9 Å². The molecule has 1 fully saturated rings. The number of carbonyl (C=O) groups is 2. The molecule has 2 atom stereocenters. The number of amides is 2. The smallest absolute Gasteiger partial charge is 0.243 e. The lowest BCUT2D eigenvalue weighted by Gasteiger charge is -2.18. The Morgan fingerprint density at radius 3 is 2.71 bits per heavy atom. The maximum atomic E-state index is 12.1. The van der Waals surface area contributed by atoms with Gasteiger partial charge in [-0.05, 0) is 35.7 Å². The highest BCUT2D eigenvalue weighted by Crippen LogP contribution is 2.20. The summed E-state index contributed by atoms with van der Waals surface area (Å²) in [7, 11) is 0. The second kappa shape index (κ2) is 5.56. The van der Waals surface area contributed by atoms with E-state index < -0.39 is 0 Å². The van der Waals surface area contributed by atoms with Gasteiger partial charge in [0.05, 0.1) is 6.04 Å². The quantitative estimate of drug-likeness (QED) is 0.907. The van der Waals surface area contributed by atoms with Crippen LogP contribution in [-0.4, -0.2) is 17.9 Å². The molecule has 2 aromatic rings. The van der Waals surface area contributed by atoms with E-state index in [2.05, 4.69) is 34.9 Å². The lowest BCUT2D eigenvalue weighted by Crippen LogP contribution is -2.42. The van der Waals surface area contributed by atoms with Crippen LogP contribution in [0.25, 0.3) is 10.8 Å². The van der Waals surface area contributed by atoms with Gasteiger partial charge in [0.1, 0.15) is 6.04 Å². The van der Waals surface area contributed by atoms with E-state index in [0.717, 1.165) is 10.9 Å². The SMILES string of the molecule is CC(NC(=O)C1CCC(=O)N1)c1ccc2ccccc2c1. The number of rotatable bonds is 3. The van der Waals surface area contributed by atoms with Crippen molar-refractivity contribution in [2.45, 2.75) is 31.8 Å². The number of hydrogen-bond donors (Lipinski definition) is 2. The van der Waals surface area contributed by atoms with Crippen LogP contribution >= 0.6 is 0 Å². The van der Waals surface area contributed by atoms with Crippen LogP contribution in [0, 0.1) is 0 Å². The lowest BCUT2D eigenvalue weighted by molar-refractivity contribution is -0.126. The molecule has 0 aliphatic carbocycles. The minimum atomic E-state index is -0.389. The largest absolute Gasteiger partial charge is 0.348 e. The molecule has 4 heteroatoms. The molecule has 1 heterocycles. The molecule has 0 bridgehead atoms. The molecule has 4 nitrogen and oxygen atoms in total. The van der Waals surface area contributed by atoms with Crippen LogP contribution in [0.15, 0.2) is 42.5 Å². The van der Waals surface area contributed by atoms with Crippen molar-refractivity contribution in [1.29, 1.82) is 0 Å². The first-order valence-corrected chi connectivity index (χ1v) is 7.22. The zero-order valence-corrected chi connectivity index (χ0v) is 11.9. The van der Waals surface area contributed by atoms with Crippen LogP contribution in [-0.2, 0) is 9.59 Å². The minimum absolute atomic E-state index is 0.0477. The van der Waals surface area contributed by atoms with Crippen LogP contribution in [0.1, 0.15) is 31.4 Å². The van der Waals surface area contributed by atoms with Crippen LogP contribution in [0.2, 0.25) is 0 Å². The topological polar surface area (TPSA) is 58.2 Å². The Morgan fingerprint density at radius 2 is 2.00 bits per heavy atom. The van der Waals surface area contributed by atoms with Crippen molar-refractivity contribution in [2.75, 3.05) is 0 Å². The van der Waals surface area contributed by atoms with Crippen LogP contribution in [0.5, 0.6) is 0 Å². The summed E-state index contributed by atoms with van der Waals surface area (Å²) in [6.07, 6.45) is 1.01. The summed E-state index contributed by atoms with van der Waals surface area (Å²) < 4.78 is 0. The summed E-state index contributed by atoms with van der Waals surface area (Å²) in [6, 6.07) is 13.8. The summed E-state index contributed by atoms with van der Waals surface area (Å²) >= 11 is 0. The maximum absolute atomic E-state index is 12.1. The van der Waals surface area contributed by atoms with E-state index in [4.69, 9.17) is 0 Å². The average Bonchev–Trinajstić information content (AvgIpc) is 2.93. The molecule has 0 radical (unpaired) electrons. The molecule has 2 N–H and O–H groups in total. The molecule has 3 rings (SSSR count). The molecule has 21 heavy (non-hydrogen) atoms. The molecule has 2 amide bonds. The highest BCUT2D eigenvalue weighted by molar-refractivity contribution is 5.91. The van der Waals surface area contributed by atoms with E-state index >= 15 is 0 Å². The predicted octanol–water partition coefficient (Wildman–Crippen LogP) is 2.30. The Bertz CT molecular complexity index is 696. The summed E-state index contributed by atoms with van der Waals surface area (Å²) in [6.45, 7) is 1.96. The normalized spacial score (nSPS) is 19.3. The monoisotopic (exact) mass is 282 g/mol. The van der Waals surface area contributed by atoms with Crippen molar-refractivity contribution in [2.24, 2.45) is 0 Å². The van der Waals surface area contributed by atoms with Crippen LogP contribution in [0.3, 0.4) is 0 Å². The molecule has 2 aromatic carbocycles. The second-order valence-corrected chi connectivity index (χ2v) is 5.50. The highest BCUT2D eigenvalue weighted by atomic mass is 16.2. The number of fused-ring (bicyclic) bond motifs is 1. The molecule has 1 aliphatic heterocycles. The predicted molar refractivity (Wildman–Crippen MR) is 81.7 cm³/mol. The molecule has 0 saturated carbocycles. The Balaban J connectivity index is 1.72. The summed E-state index contributed by atoms with van der Waals surface area (Å²) in [5.41, 5.74) is 1.06. The van der Waals surface area contributed by atoms with Crippen LogP contribution < -0.4 is 10.6 Å². The fourth-order valence-electron chi connectivity index (χ4n) is 2.69. The van der Waals surface area contributed by atoms with E-state index in [1.165, 1.54) is 5.39 Å². The van der Waals surface area contributed by atoms with Gasteiger partial charge in [0, 0.05) is 6.42 Å². The third-order valence-corrected chi connectivity index (χ3v) is 3.94. The number of nitrogens with one attached hydrogen (secondary N) is 2. The molecule has 1 aliphatic rings. The Labute approximate surface area is 123 Å². The van der Waals surface area contributed by atoms with Gasteiger partial charge in [-0.15, -0.1) is 0 Å². The fourth-order valence-corrected chi connectivity index (χ4v) is 2.69. The van der Waals surface area contributed by atoms with Gasteiger partial charge in [-0.1, -0.05) is 36.4 Å². The highest BCUT2D eigenvalue weighted by Gasteiger charge is 2.27. The molecule has 2 unspecified atom stereocenters. The zero-order valence-electron chi connectivity index (χ0n) is 11.9. The van der Waals surface area contributed by atoms with Gasteiger partial charge in [0.2, 0.25) is 11.8 Å². The van der Waals surface area contributed by atoms with E-state index in [0.29, 0.717) is 12.8 Å². The van der Waals surface area contributed by atoms with Crippen molar-refractivity contribution in [3.63, 3.8) is 0 Å². The summed E-state index contributed by atoms with van der Waals surface area (Å²) in [4.78, 5) is 23.3. The second-order valence-electron chi connectivity index (χ2n) is 5.50. The lowest BCUT2D eigenvalue weighted by atomic mass is 10.0. The minimum Gasteiger partial charge on any atom is -0.348 e. The van der Waals surface area contributed by atoms with Crippen molar-refractivity contribution in [3.8, 4) is 0 Å². The third-order valence-electron chi connectivity index (χ3n) is 3.94. The van der Waals surface area contributed by atoms with Gasteiger partial charge in [0.15, 0.2) is 0 Å². The Hall–Kier alpha value is -2.36. The molecule has 0 aromatic heterocycles. The number of benzene rings is 2. The van der Waals surface area contributed by atoms with Crippen molar-refractivity contribution in [1.82, 2.24) is 10.6 Å². The van der Waals surface area contributed by atoms with Gasteiger partial charge in [-0.2, -0.15) is 0 Å². The van der Waals surface area contributed by atoms with Gasteiger partial charge in [0.25, 0.3) is 0 Å². The molecule has 108 valence electrons. The standard InChI is InChI=1S/C17H18N2O2/c1-11(18-17(21)15-8-9-16(20)19-15)13-7-6-12-4-2-3-5-14(12)10-13/h2-7,10-11,15H,8-9H2,1H3,(H,18,21)(H,19,20). The van der Waals surface area contributed by atoms with Gasteiger partial charge in [-0.3, -0.25) is 9.59 Å². The van der Waals surface area contributed by atoms with Crippen LogP contribution in [0.4, 0.5) is 0 Å². The summed E-state index contributed by atoms with van der Waals surface area (Å²) in [5, 5.41) is 8.00. The van der Waals surface area contributed by atoms with Gasteiger partial charge in [-0.25, -0.2) is 0 Å². The molecular weight excluding hydrogens is 264 g/mol. The molecular formula is C17H18N2O2. The third kappa shape index (κ3) is 2.89. The number of carbonyl (C=O) groups excluding carboxylic acids is 2.